The quantitative estimate of drug-likeness (QED) is 0.744. The van der Waals surface area contributed by atoms with E-state index >= 15 is 0 Å². The number of unbranched alkanes of at least 4 members (excludes halogenated alkanes) is 1. The molecule has 0 aliphatic carbocycles. The van der Waals surface area contributed by atoms with Crippen LogP contribution in [0.15, 0.2) is 18.2 Å². The average molecular weight is 258 g/mol. The first-order chi connectivity index (χ1) is 7.74. The topological polar surface area (TPSA) is 12.0 Å². The molecule has 1 rings (SSSR count). The molecule has 90 valence electrons. The Morgan fingerprint density at radius 1 is 1.31 bits per heavy atom. The molecule has 0 spiro atoms. The molecule has 0 fully saturated rings. The van der Waals surface area contributed by atoms with Crippen LogP contribution in [0.25, 0.3) is 0 Å². The van der Waals surface area contributed by atoms with Crippen molar-refractivity contribution in [3.8, 4) is 0 Å². The van der Waals surface area contributed by atoms with E-state index in [1.807, 2.05) is 17.8 Å². The highest BCUT2D eigenvalue weighted by Crippen LogP contribution is 2.17. The number of benzene rings is 1. The van der Waals surface area contributed by atoms with Crippen molar-refractivity contribution in [2.75, 3.05) is 18.6 Å². The van der Waals surface area contributed by atoms with Crippen molar-refractivity contribution in [3.63, 3.8) is 0 Å². The largest absolute Gasteiger partial charge is 0.313 e. The fourth-order valence-corrected chi connectivity index (χ4v) is 2.31. The summed E-state index contributed by atoms with van der Waals surface area (Å²) >= 11 is 8.06. The summed E-state index contributed by atoms with van der Waals surface area (Å²) in [5, 5.41) is 4.30. The zero-order valence-electron chi connectivity index (χ0n) is 10.1. The van der Waals surface area contributed by atoms with E-state index in [0.29, 0.717) is 0 Å². The maximum Gasteiger partial charge on any atom is 0.0453 e. The minimum atomic E-state index is 0.872. The zero-order chi connectivity index (χ0) is 11.8. The lowest BCUT2D eigenvalue weighted by Gasteiger charge is -2.07. The molecule has 0 heterocycles. The van der Waals surface area contributed by atoms with Crippen LogP contribution >= 0.6 is 23.4 Å². The standard InChI is InChI=1S/C13H20ClNS/c1-11-5-6-12(13(14)9-11)10-15-7-3-4-8-16-2/h5-6,9,15H,3-4,7-8,10H2,1-2H3. The molecule has 0 bridgehead atoms. The predicted octanol–water partition coefficient (Wildman–Crippen LogP) is 3.88. The summed E-state index contributed by atoms with van der Waals surface area (Å²) in [6.45, 7) is 4.01. The maximum atomic E-state index is 6.15. The van der Waals surface area contributed by atoms with Gasteiger partial charge in [-0.05, 0) is 55.5 Å². The van der Waals surface area contributed by atoms with Gasteiger partial charge in [-0.2, -0.15) is 11.8 Å². The molecule has 0 aromatic heterocycles. The Bertz CT molecular complexity index is 315. The Hall–Kier alpha value is -0.180. The van der Waals surface area contributed by atoms with Gasteiger partial charge in [0.25, 0.3) is 0 Å². The number of aryl methyl sites for hydroxylation is 1. The van der Waals surface area contributed by atoms with Gasteiger partial charge in [-0.15, -0.1) is 0 Å². The third kappa shape index (κ3) is 5.24. The Balaban J connectivity index is 2.21. The van der Waals surface area contributed by atoms with Crippen LogP contribution in [0.4, 0.5) is 0 Å². The molecule has 0 aliphatic heterocycles. The van der Waals surface area contributed by atoms with E-state index in [9.17, 15) is 0 Å². The van der Waals surface area contributed by atoms with Gasteiger partial charge in [0.05, 0.1) is 0 Å². The number of thioether (sulfide) groups is 1. The molecule has 0 unspecified atom stereocenters. The Labute approximate surface area is 108 Å². The highest BCUT2D eigenvalue weighted by Gasteiger charge is 1.99. The monoisotopic (exact) mass is 257 g/mol. The molecule has 0 aliphatic rings. The van der Waals surface area contributed by atoms with Gasteiger partial charge < -0.3 is 5.32 Å². The van der Waals surface area contributed by atoms with Crippen LogP contribution in [0, 0.1) is 6.92 Å². The van der Waals surface area contributed by atoms with Gasteiger partial charge in [-0.25, -0.2) is 0 Å². The number of hydrogen-bond donors (Lipinski definition) is 1. The SMILES string of the molecule is CSCCCCNCc1ccc(C)cc1Cl. The first-order valence-corrected chi connectivity index (χ1v) is 7.46. The minimum absolute atomic E-state index is 0.872. The van der Waals surface area contributed by atoms with Gasteiger partial charge in [0.2, 0.25) is 0 Å². The summed E-state index contributed by atoms with van der Waals surface area (Å²) in [7, 11) is 0. The lowest BCUT2D eigenvalue weighted by Crippen LogP contribution is -2.15. The van der Waals surface area contributed by atoms with E-state index in [4.69, 9.17) is 11.6 Å². The number of halogens is 1. The summed E-state index contributed by atoms with van der Waals surface area (Å²) in [6, 6.07) is 6.23. The Morgan fingerprint density at radius 2 is 2.12 bits per heavy atom. The summed E-state index contributed by atoms with van der Waals surface area (Å²) in [5.74, 6) is 1.26. The van der Waals surface area contributed by atoms with Crippen LogP contribution in [0.2, 0.25) is 5.02 Å². The second-order valence-corrected chi connectivity index (χ2v) is 5.36. The van der Waals surface area contributed by atoms with Gasteiger partial charge in [-0.1, -0.05) is 23.7 Å². The van der Waals surface area contributed by atoms with E-state index in [0.717, 1.165) is 18.1 Å². The van der Waals surface area contributed by atoms with Gasteiger partial charge in [0, 0.05) is 11.6 Å². The van der Waals surface area contributed by atoms with Crippen LogP contribution < -0.4 is 5.32 Å². The van der Waals surface area contributed by atoms with Crippen molar-refractivity contribution in [1.29, 1.82) is 0 Å². The number of hydrogen-bond acceptors (Lipinski definition) is 2. The van der Waals surface area contributed by atoms with Gasteiger partial charge in [0.1, 0.15) is 0 Å². The summed E-state index contributed by atoms with van der Waals surface area (Å²) < 4.78 is 0. The fourth-order valence-electron chi connectivity index (χ4n) is 1.52. The number of nitrogens with one attached hydrogen (secondary N) is 1. The fraction of sp³-hybridized carbons (Fsp3) is 0.538. The molecule has 0 atom stereocenters. The zero-order valence-corrected chi connectivity index (χ0v) is 11.6. The first-order valence-electron chi connectivity index (χ1n) is 5.68. The van der Waals surface area contributed by atoms with Crippen molar-refractivity contribution in [2.45, 2.75) is 26.3 Å². The van der Waals surface area contributed by atoms with Crippen molar-refractivity contribution >= 4 is 23.4 Å². The highest BCUT2D eigenvalue weighted by molar-refractivity contribution is 7.98. The molecule has 1 aromatic carbocycles. The lowest BCUT2D eigenvalue weighted by atomic mass is 10.1. The molecule has 16 heavy (non-hydrogen) atoms. The summed E-state index contributed by atoms with van der Waals surface area (Å²) in [5.41, 5.74) is 2.41. The molecule has 0 saturated heterocycles. The second-order valence-electron chi connectivity index (χ2n) is 3.97. The molecule has 1 nitrogen and oxygen atoms in total. The van der Waals surface area contributed by atoms with Crippen LogP contribution in [0.1, 0.15) is 24.0 Å². The van der Waals surface area contributed by atoms with E-state index in [-0.39, 0.29) is 0 Å². The van der Waals surface area contributed by atoms with Crippen molar-refractivity contribution in [2.24, 2.45) is 0 Å². The van der Waals surface area contributed by atoms with E-state index in [2.05, 4.69) is 30.6 Å². The normalized spacial score (nSPS) is 10.7. The van der Waals surface area contributed by atoms with Crippen molar-refractivity contribution in [1.82, 2.24) is 5.32 Å². The average Bonchev–Trinajstić information content (AvgIpc) is 2.26. The third-order valence-electron chi connectivity index (χ3n) is 2.48. The summed E-state index contributed by atoms with van der Waals surface area (Å²) in [6.07, 6.45) is 4.68. The maximum absolute atomic E-state index is 6.15. The van der Waals surface area contributed by atoms with Crippen LogP contribution in [-0.4, -0.2) is 18.6 Å². The van der Waals surface area contributed by atoms with Gasteiger partial charge in [-0.3, -0.25) is 0 Å². The Kier molecular flexibility index (Phi) is 6.93. The van der Waals surface area contributed by atoms with Crippen molar-refractivity contribution < 1.29 is 0 Å². The molecular formula is C13H20ClNS. The van der Waals surface area contributed by atoms with E-state index in [1.54, 1.807) is 0 Å². The van der Waals surface area contributed by atoms with Gasteiger partial charge in [0.15, 0.2) is 0 Å². The van der Waals surface area contributed by atoms with Crippen LogP contribution in [0.5, 0.6) is 0 Å². The third-order valence-corrected chi connectivity index (χ3v) is 3.52. The molecule has 0 amide bonds. The van der Waals surface area contributed by atoms with Crippen LogP contribution in [-0.2, 0) is 6.54 Å². The smallest absolute Gasteiger partial charge is 0.0453 e. The molecular weight excluding hydrogens is 238 g/mol. The van der Waals surface area contributed by atoms with Crippen LogP contribution in [0.3, 0.4) is 0 Å². The molecule has 0 saturated carbocycles. The van der Waals surface area contributed by atoms with E-state index in [1.165, 1.54) is 29.7 Å². The summed E-state index contributed by atoms with van der Waals surface area (Å²) in [4.78, 5) is 0. The predicted molar refractivity (Wildman–Crippen MR) is 75.5 cm³/mol. The van der Waals surface area contributed by atoms with Crippen molar-refractivity contribution in [3.05, 3.63) is 34.3 Å². The first kappa shape index (κ1) is 13.9. The highest BCUT2D eigenvalue weighted by atomic mass is 35.5. The molecule has 1 N–H and O–H groups in total. The second kappa shape index (κ2) is 7.99. The number of rotatable bonds is 7. The molecule has 0 radical (unpaired) electrons. The Morgan fingerprint density at radius 3 is 2.81 bits per heavy atom. The lowest BCUT2D eigenvalue weighted by molar-refractivity contribution is 0.644. The minimum Gasteiger partial charge on any atom is -0.313 e. The molecule has 1 aromatic rings. The van der Waals surface area contributed by atoms with Gasteiger partial charge >= 0.3 is 0 Å². The van der Waals surface area contributed by atoms with E-state index < -0.39 is 0 Å². The molecule has 3 heteroatoms.